The first-order chi connectivity index (χ1) is 7.13. The summed E-state index contributed by atoms with van der Waals surface area (Å²) in [4.78, 5) is 11.1. The van der Waals surface area contributed by atoms with E-state index in [2.05, 4.69) is 18.8 Å². The van der Waals surface area contributed by atoms with Crippen LogP contribution >= 0.6 is 0 Å². The van der Waals surface area contributed by atoms with Gasteiger partial charge in [-0.1, -0.05) is 26.3 Å². The van der Waals surface area contributed by atoms with Crippen LogP contribution in [0.25, 0.3) is 0 Å². The Kier molecular flexibility index (Phi) is 2.85. The fraction of sp³-hybridized carbons (Fsp3) is 0.769. The van der Waals surface area contributed by atoms with E-state index in [9.17, 15) is 4.79 Å². The highest BCUT2D eigenvalue weighted by Crippen LogP contribution is 2.52. The third-order valence-corrected chi connectivity index (χ3v) is 4.23. The van der Waals surface area contributed by atoms with Gasteiger partial charge >= 0.3 is 0 Å². The van der Waals surface area contributed by atoms with Gasteiger partial charge in [-0.05, 0) is 43.1 Å². The van der Waals surface area contributed by atoms with Crippen LogP contribution in [0.1, 0.15) is 46.9 Å². The molecule has 2 saturated carbocycles. The lowest BCUT2D eigenvalue weighted by atomic mass is 9.57. The largest absolute Gasteiger partial charge is 0.350 e. The van der Waals surface area contributed by atoms with Crippen molar-refractivity contribution in [1.82, 2.24) is 5.32 Å². The first kappa shape index (κ1) is 10.7. The van der Waals surface area contributed by atoms with Gasteiger partial charge in [0.15, 0.2) is 0 Å². The maximum Gasteiger partial charge on any atom is 0.243 e. The van der Waals surface area contributed by atoms with Crippen molar-refractivity contribution in [2.45, 2.75) is 51.5 Å². The molecular weight excluding hydrogens is 186 g/mol. The topological polar surface area (TPSA) is 29.1 Å². The van der Waals surface area contributed by atoms with Gasteiger partial charge in [0, 0.05) is 7.47 Å². The van der Waals surface area contributed by atoms with Crippen molar-refractivity contribution in [3.8, 4) is 0 Å². The van der Waals surface area contributed by atoms with E-state index in [1.54, 1.807) is 0 Å². The summed E-state index contributed by atoms with van der Waals surface area (Å²) in [5.74, 6) is 0.900. The number of amides is 1. The molecule has 2 rings (SSSR count). The molecule has 1 amide bonds. The molecule has 0 aromatic carbocycles. The number of nitrogens with one attached hydrogen (secondary N) is 1. The Morgan fingerprint density at radius 2 is 2.07 bits per heavy atom. The van der Waals surface area contributed by atoms with E-state index in [1.165, 1.54) is 44.6 Å². The lowest BCUT2D eigenvalue weighted by Gasteiger charge is -2.51. The molecule has 0 aromatic rings. The quantitative estimate of drug-likeness (QED) is 0.696. The van der Waals surface area contributed by atoms with Crippen LogP contribution < -0.4 is 5.32 Å². The third-order valence-electron chi connectivity index (χ3n) is 4.23. The number of carbonyl (C=O) groups is 1. The van der Waals surface area contributed by atoms with E-state index in [-0.39, 0.29) is 7.33 Å². The van der Waals surface area contributed by atoms with Crippen molar-refractivity contribution in [1.29, 1.82) is 0 Å². The molecule has 2 fully saturated rings. The number of carbonyl (C=O) groups excluding carboxylic acids is 1. The van der Waals surface area contributed by atoms with Gasteiger partial charge in [-0.2, -0.15) is 0 Å². The van der Waals surface area contributed by atoms with Crippen molar-refractivity contribution in [3.05, 3.63) is 12.7 Å². The van der Waals surface area contributed by atoms with E-state index < -0.39 is 0 Å². The summed E-state index contributed by atoms with van der Waals surface area (Å²) >= 11 is 0. The lowest BCUT2D eigenvalue weighted by molar-refractivity contribution is -0.119. The molecule has 0 radical (unpaired) electrons. The van der Waals surface area contributed by atoms with Crippen LogP contribution in [0, 0.1) is 11.3 Å². The van der Waals surface area contributed by atoms with Crippen molar-refractivity contribution in [2.75, 3.05) is 0 Å². The summed E-state index contributed by atoms with van der Waals surface area (Å²) in [7, 11) is 0. The Labute approximate surface area is 93.6 Å². The van der Waals surface area contributed by atoms with Crippen LogP contribution in [0.15, 0.2) is 12.7 Å². The van der Waals surface area contributed by atoms with Crippen LogP contribution in [-0.4, -0.2) is 11.9 Å². The van der Waals surface area contributed by atoms with Gasteiger partial charge in [-0.15, -0.1) is 0 Å². The summed E-state index contributed by atoms with van der Waals surface area (Å²) in [6.45, 7) is 5.82. The highest BCUT2D eigenvalue weighted by atomic mass is 16.1. The Morgan fingerprint density at radius 1 is 1.47 bits per heavy atom. The van der Waals surface area contributed by atoms with Gasteiger partial charge in [-0.3, -0.25) is 4.79 Å². The Morgan fingerprint density at radius 3 is 2.60 bits per heavy atom. The monoisotopic (exact) mass is 209 g/mol. The van der Waals surface area contributed by atoms with Gasteiger partial charge in [0.05, 0.1) is 0 Å². The zero-order valence-corrected chi connectivity index (χ0v) is 9.59. The van der Waals surface area contributed by atoms with Gasteiger partial charge in [0.2, 0.25) is 5.91 Å². The van der Waals surface area contributed by atoms with Crippen LogP contribution in [0.4, 0.5) is 0 Å². The van der Waals surface area contributed by atoms with Gasteiger partial charge < -0.3 is 5.32 Å². The molecule has 0 atom stereocenters. The number of hydrogen-bond donors (Lipinski definition) is 1. The van der Waals surface area contributed by atoms with E-state index in [4.69, 9.17) is 0 Å². The average molecular weight is 209 g/mol. The highest BCUT2D eigenvalue weighted by molar-refractivity contribution is 5.87. The lowest BCUT2D eigenvalue weighted by Crippen LogP contribution is -2.51. The average Bonchev–Trinajstić information content (AvgIpc) is 2.19. The Bertz CT molecular complexity index is 261. The maximum absolute atomic E-state index is 11.1. The molecular formula is C13H23NO. The Hall–Kier alpha value is -0.790. The molecule has 0 heterocycles. The standard InChI is InChI=1S/C13H21NO.H2/c1-3-12(15)14-11-8-13(9-11)6-4-10(2)5-7-13;/h3,10-11H,1,4-9H2,2H3,(H,14,15);1H. The summed E-state index contributed by atoms with van der Waals surface area (Å²) in [5, 5.41) is 2.99. The van der Waals surface area contributed by atoms with Crippen molar-refractivity contribution >= 4 is 5.91 Å². The molecule has 2 nitrogen and oxygen atoms in total. The second-order valence-electron chi connectivity index (χ2n) is 5.50. The summed E-state index contributed by atoms with van der Waals surface area (Å²) < 4.78 is 0. The van der Waals surface area contributed by atoms with Crippen LogP contribution in [0.5, 0.6) is 0 Å². The van der Waals surface area contributed by atoms with Crippen molar-refractivity contribution < 1.29 is 6.22 Å². The first-order valence-electron chi connectivity index (χ1n) is 6.06. The molecule has 1 N–H and O–H groups in total. The molecule has 0 aromatic heterocycles. The van der Waals surface area contributed by atoms with E-state index >= 15 is 0 Å². The molecule has 2 heteroatoms. The first-order valence-corrected chi connectivity index (χ1v) is 6.06. The van der Waals surface area contributed by atoms with Gasteiger partial charge in [0.1, 0.15) is 0 Å². The van der Waals surface area contributed by atoms with Crippen LogP contribution in [-0.2, 0) is 4.79 Å². The minimum atomic E-state index is -0.0148. The fourth-order valence-electron chi connectivity index (χ4n) is 3.13. The van der Waals surface area contributed by atoms with E-state index in [0.29, 0.717) is 11.5 Å². The van der Waals surface area contributed by atoms with E-state index in [1.807, 2.05) is 0 Å². The van der Waals surface area contributed by atoms with Crippen molar-refractivity contribution in [2.24, 2.45) is 11.3 Å². The Balaban J connectivity index is 0.00000128. The van der Waals surface area contributed by atoms with Gasteiger partial charge in [-0.25, -0.2) is 0 Å². The molecule has 0 saturated heterocycles. The highest BCUT2D eigenvalue weighted by Gasteiger charge is 2.45. The normalized spacial score (nSPS) is 39.5. The smallest absolute Gasteiger partial charge is 0.243 e. The fourth-order valence-corrected chi connectivity index (χ4v) is 3.13. The minimum absolute atomic E-state index is 0. The second-order valence-corrected chi connectivity index (χ2v) is 5.50. The zero-order valence-electron chi connectivity index (χ0n) is 9.59. The zero-order chi connectivity index (χ0) is 10.9. The van der Waals surface area contributed by atoms with Crippen LogP contribution in [0.3, 0.4) is 0 Å². The summed E-state index contributed by atoms with van der Waals surface area (Å²) in [6.07, 6.45) is 9.25. The molecule has 0 aliphatic heterocycles. The molecule has 1 spiro atoms. The predicted octanol–water partition coefficient (Wildman–Crippen LogP) is 2.89. The maximum atomic E-state index is 11.1. The molecule has 2 aliphatic carbocycles. The molecule has 0 bridgehead atoms. The molecule has 15 heavy (non-hydrogen) atoms. The van der Waals surface area contributed by atoms with Crippen LogP contribution in [0.2, 0.25) is 0 Å². The minimum Gasteiger partial charge on any atom is -0.350 e. The number of hydrogen-bond acceptors (Lipinski definition) is 1. The van der Waals surface area contributed by atoms with Crippen molar-refractivity contribution in [3.63, 3.8) is 0 Å². The second kappa shape index (κ2) is 3.99. The van der Waals surface area contributed by atoms with E-state index in [0.717, 1.165) is 5.92 Å². The SMILES string of the molecule is C=CC(=O)NC1CC2(CCC(C)CC2)C1.[HH]. The number of rotatable bonds is 2. The molecule has 2 aliphatic rings. The van der Waals surface area contributed by atoms with Gasteiger partial charge in [0.25, 0.3) is 0 Å². The third kappa shape index (κ3) is 2.24. The molecule has 0 unspecified atom stereocenters. The predicted molar refractivity (Wildman–Crippen MR) is 63.5 cm³/mol. The summed E-state index contributed by atoms with van der Waals surface area (Å²) in [5.41, 5.74) is 0.589. The summed E-state index contributed by atoms with van der Waals surface area (Å²) in [6, 6.07) is 0.420. The molecule has 86 valence electrons.